The number of nitrogens with zero attached hydrogens (tertiary/aromatic N) is 4. The molecule has 132 valence electrons. The van der Waals surface area contributed by atoms with Crippen molar-refractivity contribution in [1.82, 2.24) is 19.4 Å². The number of fused-ring (bicyclic) bond motifs is 1. The first-order chi connectivity index (χ1) is 12.2. The number of carbonyl (C=O) groups is 1. The number of carbonyl (C=O) groups excluding carboxylic acids is 1. The molecule has 1 amide bonds. The molecule has 0 bridgehead atoms. The van der Waals surface area contributed by atoms with Crippen LogP contribution in [0, 0.1) is 5.92 Å². The van der Waals surface area contributed by atoms with Crippen LogP contribution in [0.5, 0.6) is 0 Å². The molecule has 25 heavy (non-hydrogen) atoms. The zero-order chi connectivity index (χ0) is 17.3. The fourth-order valence-corrected chi connectivity index (χ4v) is 4.87. The van der Waals surface area contributed by atoms with E-state index in [0.717, 1.165) is 32.6 Å². The van der Waals surface area contributed by atoms with Gasteiger partial charge in [-0.3, -0.25) is 9.69 Å². The molecule has 1 aromatic carbocycles. The van der Waals surface area contributed by atoms with Crippen LogP contribution in [-0.2, 0) is 5.41 Å². The summed E-state index contributed by atoms with van der Waals surface area (Å²) in [4.78, 5) is 16.9. The highest BCUT2D eigenvalue weighted by Gasteiger charge is 2.50. The summed E-state index contributed by atoms with van der Waals surface area (Å²) >= 11 is 1.21. The Kier molecular flexibility index (Phi) is 4.54. The van der Waals surface area contributed by atoms with E-state index in [-0.39, 0.29) is 17.9 Å². The van der Waals surface area contributed by atoms with E-state index in [4.69, 9.17) is 0 Å². The van der Waals surface area contributed by atoms with Gasteiger partial charge in [-0.25, -0.2) is 0 Å². The van der Waals surface area contributed by atoms with Crippen molar-refractivity contribution in [3.63, 3.8) is 0 Å². The zero-order valence-electron chi connectivity index (χ0n) is 14.0. The Balaban J connectivity index is 1.60. The molecule has 0 radical (unpaired) electrons. The molecule has 1 aromatic heterocycles. The molecule has 1 N–H and O–H groups in total. The second kappa shape index (κ2) is 6.82. The van der Waals surface area contributed by atoms with Crippen LogP contribution in [0.15, 0.2) is 35.7 Å². The molecule has 0 unspecified atom stereocenters. The Morgan fingerprint density at radius 3 is 2.88 bits per heavy atom. The first kappa shape index (κ1) is 16.6. The third-order valence-corrected chi connectivity index (χ3v) is 6.17. The van der Waals surface area contributed by atoms with Crippen molar-refractivity contribution in [2.45, 2.75) is 11.8 Å². The number of aliphatic hydroxyl groups excluding tert-OH is 1. The van der Waals surface area contributed by atoms with Crippen molar-refractivity contribution in [3.05, 3.63) is 47.0 Å². The van der Waals surface area contributed by atoms with Gasteiger partial charge in [0.1, 0.15) is 0 Å². The molecule has 2 aliphatic heterocycles. The number of piperidine rings is 1. The average molecular weight is 358 g/mol. The van der Waals surface area contributed by atoms with E-state index in [0.29, 0.717) is 18.2 Å². The monoisotopic (exact) mass is 358 g/mol. The Morgan fingerprint density at radius 1 is 1.32 bits per heavy atom. The van der Waals surface area contributed by atoms with Gasteiger partial charge in [-0.2, -0.15) is 0 Å². The maximum atomic E-state index is 12.7. The molecule has 2 atom stereocenters. The van der Waals surface area contributed by atoms with Gasteiger partial charge in [0.15, 0.2) is 5.69 Å². The van der Waals surface area contributed by atoms with Crippen LogP contribution in [0.25, 0.3) is 0 Å². The molecule has 4 rings (SSSR count). The van der Waals surface area contributed by atoms with Crippen molar-refractivity contribution in [2.24, 2.45) is 5.92 Å². The largest absolute Gasteiger partial charge is 0.395 e. The molecule has 0 aliphatic carbocycles. The van der Waals surface area contributed by atoms with Crippen LogP contribution in [0.3, 0.4) is 0 Å². The van der Waals surface area contributed by atoms with E-state index in [1.807, 2.05) is 11.0 Å². The lowest BCUT2D eigenvalue weighted by Crippen LogP contribution is -2.51. The second-order valence-electron chi connectivity index (χ2n) is 6.97. The van der Waals surface area contributed by atoms with Crippen molar-refractivity contribution >= 4 is 17.4 Å². The number of rotatable bonds is 4. The molecule has 2 aromatic rings. The van der Waals surface area contributed by atoms with Crippen LogP contribution in [0.2, 0.25) is 0 Å². The first-order valence-corrected chi connectivity index (χ1v) is 9.52. The maximum absolute atomic E-state index is 12.7. The summed E-state index contributed by atoms with van der Waals surface area (Å²) in [5, 5.41) is 15.0. The Bertz CT molecular complexity index is 724. The number of hydrogen-bond acceptors (Lipinski definition) is 6. The van der Waals surface area contributed by atoms with Crippen molar-refractivity contribution < 1.29 is 9.90 Å². The summed E-state index contributed by atoms with van der Waals surface area (Å²) in [6.07, 6.45) is 0.937. The lowest BCUT2D eigenvalue weighted by atomic mass is 9.68. The predicted octanol–water partition coefficient (Wildman–Crippen LogP) is 1.25. The summed E-state index contributed by atoms with van der Waals surface area (Å²) in [5.41, 5.74) is 1.86. The van der Waals surface area contributed by atoms with Crippen LogP contribution >= 0.6 is 11.5 Å². The smallest absolute Gasteiger partial charge is 0.275 e. The van der Waals surface area contributed by atoms with Gasteiger partial charge in [-0.05, 0) is 23.5 Å². The van der Waals surface area contributed by atoms with Gasteiger partial charge >= 0.3 is 0 Å². The van der Waals surface area contributed by atoms with Crippen LogP contribution < -0.4 is 0 Å². The minimum atomic E-state index is -0.0176. The summed E-state index contributed by atoms with van der Waals surface area (Å²) in [6, 6.07) is 10.6. The molecule has 3 heterocycles. The van der Waals surface area contributed by atoms with Crippen LogP contribution in [0.4, 0.5) is 0 Å². The molecule has 0 saturated carbocycles. The molecule has 6 nitrogen and oxygen atoms in total. The predicted molar refractivity (Wildman–Crippen MR) is 95.6 cm³/mol. The maximum Gasteiger partial charge on any atom is 0.275 e. The second-order valence-corrected chi connectivity index (χ2v) is 7.58. The molecule has 2 fully saturated rings. The highest BCUT2D eigenvalue weighted by Crippen LogP contribution is 2.45. The quantitative estimate of drug-likeness (QED) is 0.891. The van der Waals surface area contributed by atoms with Gasteiger partial charge in [0.2, 0.25) is 0 Å². The van der Waals surface area contributed by atoms with E-state index < -0.39 is 0 Å². The first-order valence-electron chi connectivity index (χ1n) is 8.68. The van der Waals surface area contributed by atoms with Crippen molar-refractivity contribution in [2.75, 3.05) is 39.3 Å². The number of amides is 1. The van der Waals surface area contributed by atoms with E-state index in [9.17, 15) is 9.90 Å². The number of aromatic nitrogens is 2. The fourth-order valence-electron chi connectivity index (χ4n) is 4.44. The van der Waals surface area contributed by atoms with Gasteiger partial charge < -0.3 is 10.0 Å². The summed E-state index contributed by atoms with van der Waals surface area (Å²) < 4.78 is 3.81. The van der Waals surface area contributed by atoms with Crippen LogP contribution in [-0.4, -0.2) is 69.7 Å². The normalized spacial score (nSPS) is 26.6. The number of likely N-dealkylation sites (tertiary alicyclic amines) is 2. The van der Waals surface area contributed by atoms with Crippen molar-refractivity contribution in [1.29, 1.82) is 0 Å². The lowest BCUT2D eigenvalue weighted by Gasteiger charge is -2.44. The third-order valence-electron chi connectivity index (χ3n) is 5.67. The number of benzene rings is 1. The third kappa shape index (κ3) is 2.96. The minimum Gasteiger partial charge on any atom is -0.395 e. The summed E-state index contributed by atoms with van der Waals surface area (Å²) in [6.45, 7) is 4.18. The lowest BCUT2D eigenvalue weighted by molar-refractivity contribution is 0.0597. The number of hydrogen-bond donors (Lipinski definition) is 1. The van der Waals surface area contributed by atoms with Gasteiger partial charge in [0, 0.05) is 49.4 Å². The molecular formula is C18H22N4O2S. The summed E-state index contributed by atoms with van der Waals surface area (Å²) in [5.74, 6) is 0.349. The number of aliphatic hydroxyl groups is 1. The highest BCUT2D eigenvalue weighted by molar-refractivity contribution is 7.03. The highest BCUT2D eigenvalue weighted by atomic mass is 32.1. The number of β-amino-alcohol motifs (C(OH)–C–C–N with tert-alkyl or cyclic N) is 1. The van der Waals surface area contributed by atoms with Crippen molar-refractivity contribution in [3.8, 4) is 0 Å². The topological polar surface area (TPSA) is 69.6 Å². The van der Waals surface area contributed by atoms with Crippen LogP contribution in [0.1, 0.15) is 22.5 Å². The molecular weight excluding hydrogens is 336 g/mol. The fraction of sp³-hybridized carbons (Fsp3) is 0.500. The van der Waals surface area contributed by atoms with E-state index in [2.05, 4.69) is 38.8 Å². The molecule has 2 saturated heterocycles. The van der Waals surface area contributed by atoms with Gasteiger partial charge in [0.05, 0.1) is 6.61 Å². The minimum absolute atomic E-state index is 0.0176. The summed E-state index contributed by atoms with van der Waals surface area (Å²) in [7, 11) is 0. The van der Waals surface area contributed by atoms with E-state index >= 15 is 0 Å². The van der Waals surface area contributed by atoms with Gasteiger partial charge in [0.25, 0.3) is 5.91 Å². The molecule has 7 heteroatoms. The Morgan fingerprint density at radius 2 is 2.16 bits per heavy atom. The van der Waals surface area contributed by atoms with Gasteiger partial charge in [-0.15, -0.1) is 5.10 Å². The molecule has 0 spiro atoms. The van der Waals surface area contributed by atoms with Gasteiger partial charge in [-0.1, -0.05) is 34.8 Å². The van der Waals surface area contributed by atoms with E-state index in [1.165, 1.54) is 17.1 Å². The Hall–Kier alpha value is -1.83. The standard InChI is InChI=1S/C18H22N4O2S/c23-9-8-21-10-15-11-22(17(24)16-12-25-20-19-16)7-6-18(15,13-21)14-4-2-1-3-5-14/h1-5,12,15,23H,6-11,13H2/t15-,18+/m1/s1. The molecule has 2 aliphatic rings. The Labute approximate surface area is 151 Å². The average Bonchev–Trinajstić information content (AvgIpc) is 3.29. The zero-order valence-corrected chi connectivity index (χ0v) is 14.9. The SMILES string of the molecule is O=C(c1csnn1)N1CC[C@@]2(c3ccccc3)CN(CCO)C[C@@H]2C1. The van der Waals surface area contributed by atoms with E-state index in [1.54, 1.807) is 5.38 Å².